The largest absolute Gasteiger partial charge is 0.330 e. The minimum Gasteiger partial charge on any atom is -0.330 e. The van der Waals surface area contributed by atoms with Crippen LogP contribution in [0.3, 0.4) is 0 Å². The number of nitrogens with zero attached hydrogens (tertiary/aromatic N) is 1. The van der Waals surface area contributed by atoms with Gasteiger partial charge in [-0.2, -0.15) is 0 Å². The van der Waals surface area contributed by atoms with Gasteiger partial charge in [0.05, 0.1) is 0 Å². The predicted molar refractivity (Wildman–Crippen MR) is 69.4 cm³/mol. The fourth-order valence-electron chi connectivity index (χ4n) is 3.30. The molecule has 2 rings (SSSR count). The Morgan fingerprint density at radius 3 is 2.50 bits per heavy atom. The Bertz CT molecular complexity index is 215. The number of hydrogen-bond acceptors (Lipinski definition) is 2. The maximum atomic E-state index is 5.82. The Morgan fingerprint density at radius 1 is 1.19 bits per heavy atom. The highest BCUT2D eigenvalue weighted by Gasteiger charge is 2.31. The first kappa shape index (κ1) is 12.4. The second-order valence-corrected chi connectivity index (χ2v) is 6.62. The molecule has 0 amide bonds. The van der Waals surface area contributed by atoms with Gasteiger partial charge in [-0.3, -0.25) is 0 Å². The Kier molecular flexibility index (Phi) is 3.91. The molecule has 2 N–H and O–H groups in total. The molecular weight excluding hydrogens is 196 g/mol. The molecule has 16 heavy (non-hydrogen) atoms. The first-order valence-corrected chi connectivity index (χ1v) is 7.05. The monoisotopic (exact) mass is 224 g/mol. The average Bonchev–Trinajstić information content (AvgIpc) is 2.29. The van der Waals surface area contributed by atoms with Crippen molar-refractivity contribution in [1.82, 2.24) is 4.90 Å². The average molecular weight is 224 g/mol. The van der Waals surface area contributed by atoms with E-state index in [4.69, 9.17) is 5.73 Å². The molecule has 0 aromatic carbocycles. The maximum Gasteiger partial charge on any atom is 0.00983 e. The van der Waals surface area contributed by atoms with E-state index in [1.807, 2.05) is 0 Å². The van der Waals surface area contributed by atoms with E-state index < -0.39 is 0 Å². The third-order valence-electron chi connectivity index (χ3n) is 4.76. The van der Waals surface area contributed by atoms with Gasteiger partial charge in [0.25, 0.3) is 0 Å². The fraction of sp³-hybridized carbons (Fsp3) is 1.00. The van der Waals surface area contributed by atoms with E-state index >= 15 is 0 Å². The summed E-state index contributed by atoms with van der Waals surface area (Å²) in [4.78, 5) is 2.74. The van der Waals surface area contributed by atoms with Gasteiger partial charge in [0, 0.05) is 6.04 Å². The van der Waals surface area contributed by atoms with E-state index in [0.29, 0.717) is 5.41 Å². The van der Waals surface area contributed by atoms with Crippen LogP contribution in [0.25, 0.3) is 0 Å². The highest BCUT2D eigenvalue weighted by Crippen LogP contribution is 2.34. The molecule has 1 aliphatic heterocycles. The number of piperidine rings is 1. The molecule has 94 valence electrons. The molecule has 1 saturated carbocycles. The molecule has 0 bridgehead atoms. The molecule has 2 nitrogen and oxygen atoms in total. The van der Waals surface area contributed by atoms with Crippen LogP contribution in [-0.2, 0) is 0 Å². The van der Waals surface area contributed by atoms with Gasteiger partial charge in [0.1, 0.15) is 0 Å². The Labute approximate surface area is 101 Å². The van der Waals surface area contributed by atoms with Crippen LogP contribution in [0.4, 0.5) is 0 Å². The molecule has 1 aliphatic carbocycles. The number of nitrogens with two attached hydrogens (primary N) is 1. The molecule has 1 heterocycles. The van der Waals surface area contributed by atoms with Crippen molar-refractivity contribution < 1.29 is 0 Å². The molecule has 2 unspecified atom stereocenters. The Morgan fingerprint density at radius 2 is 1.88 bits per heavy atom. The van der Waals surface area contributed by atoms with Crippen LogP contribution >= 0.6 is 0 Å². The van der Waals surface area contributed by atoms with Gasteiger partial charge in [0.2, 0.25) is 0 Å². The second kappa shape index (κ2) is 5.05. The van der Waals surface area contributed by atoms with Gasteiger partial charge in [-0.15, -0.1) is 0 Å². The van der Waals surface area contributed by atoms with Crippen LogP contribution < -0.4 is 5.73 Å². The standard InChI is InChI=1S/C14H28N2/c1-14(2)6-8-16(9-7-14)13-5-3-4-12(10-13)11-15/h12-13H,3-11,15H2,1-2H3. The highest BCUT2D eigenvalue weighted by atomic mass is 15.2. The molecule has 0 radical (unpaired) electrons. The SMILES string of the molecule is CC1(C)CCN(C2CCCC(CN)C2)CC1. The first-order chi connectivity index (χ1) is 7.61. The summed E-state index contributed by atoms with van der Waals surface area (Å²) in [5.74, 6) is 0.800. The van der Waals surface area contributed by atoms with E-state index in [1.165, 1.54) is 51.6 Å². The Hall–Kier alpha value is -0.0800. The van der Waals surface area contributed by atoms with Crippen molar-refractivity contribution in [2.45, 2.75) is 58.4 Å². The van der Waals surface area contributed by atoms with E-state index in [1.54, 1.807) is 0 Å². The van der Waals surface area contributed by atoms with Gasteiger partial charge >= 0.3 is 0 Å². The molecular formula is C14H28N2. The zero-order valence-corrected chi connectivity index (χ0v) is 11.0. The molecule has 2 heteroatoms. The quantitative estimate of drug-likeness (QED) is 0.781. The summed E-state index contributed by atoms with van der Waals surface area (Å²) in [5, 5.41) is 0. The highest BCUT2D eigenvalue weighted by molar-refractivity contribution is 4.86. The molecule has 2 fully saturated rings. The maximum absolute atomic E-state index is 5.82. The van der Waals surface area contributed by atoms with Crippen molar-refractivity contribution in [3.05, 3.63) is 0 Å². The summed E-state index contributed by atoms with van der Waals surface area (Å²) in [6.07, 6.45) is 8.28. The molecule has 1 saturated heterocycles. The van der Waals surface area contributed by atoms with Gasteiger partial charge < -0.3 is 10.6 Å². The molecule has 0 aromatic rings. The molecule has 2 atom stereocenters. The van der Waals surface area contributed by atoms with Crippen molar-refractivity contribution in [1.29, 1.82) is 0 Å². The van der Waals surface area contributed by atoms with Crippen LogP contribution in [0.2, 0.25) is 0 Å². The molecule has 2 aliphatic rings. The normalized spacial score (nSPS) is 36.2. The third kappa shape index (κ3) is 2.98. The lowest BCUT2D eigenvalue weighted by atomic mass is 9.79. The van der Waals surface area contributed by atoms with Crippen molar-refractivity contribution in [3.8, 4) is 0 Å². The number of hydrogen-bond donors (Lipinski definition) is 1. The van der Waals surface area contributed by atoms with Crippen molar-refractivity contribution >= 4 is 0 Å². The molecule has 0 spiro atoms. The predicted octanol–water partition coefficient (Wildman–Crippen LogP) is 2.63. The van der Waals surface area contributed by atoms with Gasteiger partial charge in [-0.25, -0.2) is 0 Å². The van der Waals surface area contributed by atoms with Crippen LogP contribution in [0.5, 0.6) is 0 Å². The summed E-state index contributed by atoms with van der Waals surface area (Å²) < 4.78 is 0. The summed E-state index contributed by atoms with van der Waals surface area (Å²) in [5.41, 5.74) is 6.40. The topological polar surface area (TPSA) is 29.3 Å². The lowest BCUT2D eigenvalue weighted by Gasteiger charge is -2.43. The van der Waals surface area contributed by atoms with E-state index in [-0.39, 0.29) is 0 Å². The van der Waals surface area contributed by atoms with E-state index in [0.717, 1.165) is 18.5 Å². The van der Waals surface area contributed by atoms with Crippen LogP contribution in [0, 0.1) is 11.3 Å². The second-order valence-electron chi connectivity index (χ2n) is 6.62. The van der Waals surface area contributed by atoms with Crippen molar-refractivity contribution in [2.24, 2.45) is 17.1 Å². The van der Waals surface area contributed by atoms with E-state index in [2.05, 4.69) is 18.7 Å². The van der Waals surface area contributed by atoms with Crippen molar-refractivity contribution in [2.75, 3.05) is 19.6 Å². The van der Waals surface area contributed by atoms with Crippen LogP contribution in [0.15, 0.2) is 0 Å². The van der Waals surface area contributed by atoms with Crippen LogP contribution in [0.1, 0.15) is 52.4 Å². The minimum atomic E-state index is 0.582. The summed E-state index contributed by atoms with van der Waals surface area (Å²) in [6.45, 7) is 8.35. The van der Waals surface area contributed by atoms with Crippen LogP contribution in [-0.4, -0.2) is 30.6 Å². The smallest absolute Gasteiger partial charge is 0.00983 e. The lowest BCUT2D eigenvalue weighted by molar-refractivity contribution is 0.0650. The summed E-state index contributed by atoms with van der Waals surface area (Å²) in [7, 11) is 0. The third-order valence-corrected chi connectivity index (χ3v) is 4.76. The first-order valence-electron chi connectivity index (χ1n) is 7.05. The van der Waals surface area contributed by atoms with Gasteiger partial charge in [0.15, 0.2) is 0 Å². The van der Waals surface area contributed by atoms with Gasteiger partial charge in [-0.05, 0) is 63.1 Å². The molecule has 0 aromatic heterocycles. The summed E-state index contributed by atoms with van der Waals surface area (Å²) in [6, 6.07) is 0.846. The Balaban J connectivity index is 1.84. The van der Waals surface area contributed by atoms with Crippen molar-refractivity contribution in [3.63, 3.8) is 0 Å². The minimum absolute atomic E-state index is 0.582. The zero-order valence-electron chi connectivity index (χ0n) is 11.0. The zero-order chi connectivity index (χ0) is 11.6. The fourth-order valence-corrected chi connectivity index (χ4v) is 3.30. The number of rotatable bonds is 2. The number of likely N-dealkylation sites (tertiary alicyclic amines) is 1. The summed E-state index contributed by atoms with van der Waals surface area (Å²) >= 11 is 0. The van der Waals surface area contributed by atoms with E-state index in [9.17, 15) is 0 Å². The lowest BCUT2D eigenvalue weighted by Crippen LogP contribution is -2.46. The van der Waals surface area contributed by atoms with Gasteiger partial charge in [-0.1, -0.05) is 20.3 Å².